The quantitative estimate of drug-likeness (QED) is 0.353. The first kappa shape index (κ1) is 16.6. The van der Waals surface area contributed by atoms with E-state index in [1.807, 2.05) is 12.1 Å². The lowest BCUT2D eigenvalue weighted by atomic mass is 9.99. The van der Waals surface area contributed by atoms with E-state index in [1.54, 1.807) is 11.3 Å². The molecule has 1 heterocycles. The first-order valence-corrected chi connectivity index (χ1v) is 9.55. The standard InChI is InChI=1S/C25H20S/c1-3-24-18(2)17-25(26-24)23-15-13-22(14-16-23)21-11-9-20(10-12-21)19-7-5-4-6-8-19/h3-17H,1H2,2H3. The molecule has 0 radical (unpaired) electrons. The molecule has 3 aromatic carbocycles. The Kier molecular flexibility index (Phi) is 4.55. The summed E-state index contributed by atoms with van der Waals surface area (Å²) in [4.78, 5) is 2.55. The number of benzene rings is 3. The minimum Gasteiger partial charge on any atom is -0.136 e. The molecule has 4 rings (SSSR count). The summed E-state index contributed by atoms with van der Waals surface area (Å²) in [5, 5.41) is 0. The summed E-state index contributed by atoms with van der Waals surface area (Å²) in [5.41, 5.74) is 7.53. The maximum atomic E-state index is 3.89. The maximum Gasteiger partial charge on any atom is 0.0351 e. The molecule has 0 atom stereocenters. The van der Waals surface area contributed by atoms with Crippen LogP contribution in [0.3, 0.4) is 0 Å². The predicted octanol–water partition coefficient (Wildman–Crippen LogP) is 7.70. The van der Waals surface area contributed by atoms with Crippen LogP contribution >= 0.6 is 11.3 Å². The summed E-state index contributed by atoms with van der Waals surface area (Å²) in [6.07, 6.45) is 1.94. The highest BCUT2D eigenvalue weighted by molar-refractivity contribution is 7.16. The lowest BCUT2D eigenvalue weighted by Gasteiger charge is -2.06. The molecule has 0 nitrogen and oxygen atoms in total. The van der Waals surface area contributed by atoms with Crippen molar-refractivity contribution in [2.45, 2.75) is 6.92 Å². The van der Waals surface area contributed by atoms with Crippen molar-refractivity contribution in [2.24, 2.45) is 0 Å². The summed E-state index contributed by atoms with van der Waals surface area (Å²) in [5.74, 6) is 0. The van der Waals surface area contributed by atoms with Gasteiger partial charge in [0.05, 0.1) is 0 Å². The molecule has 126 valence electrons. The zero-order valence-corrected chi connectivity index (χ0v) is 15.6. The third-order valence-electron chi connectivity index (χ3n) is 4.64. The fourth-order valence-electron chi connectivity index (χ4n) is 3.15. The Labute approximate surface area is 159 Å². The van der Waals surface area contributed by atoms with Gasteiger partial charge in [-0.15, -0.1) is 11.3 Å². The SMILES string of the molecule is C=Cc1sc(-c2ccc(-c3ccc(-c4ccccc4)cc3)cc2)cc1C. The lowest BCUT2D eigenvalue weighted by molar-refractivity contribution is 1.53. The van der Waals surface area contributed by atoms with E-state index < -0.39 is 0 Å². The van der Waals surface area contributed by atoms with Crippen molar-refractivity contribution in [3.8, 4) is 32.7 Å². The third kappa shape index (κ3) is 3.26. The molecule has 0 amide bonds. The van der Waals surface area contributed by atoms with Crippen LogP contribution in [0.15, 0.2) is 91.5 Å². The Morgan fingerprint density at radius 2 is 1.12 bits per heavy atom. The zero-order valence-electron chi connectivity index (χ0n) is 14.8. The molecule has 0 unspecified atom stereocenters. The highest BCUT2D eigenvalue weighted by atomic mass is 32.1. The first-order valence-electron chi connectivity index (χ1n) is 8.74. The van der Waals surface area contributed by atoms with E-state index in [0.29, 0.717) is 0 Å². The normalized spacial score (nSPS) is 10.7. The van der Waals surface area contributed by atoms with Crippen molar-refractivity contribution in [1.29, 1.82) is 0 Å². The molecular weight excluding hydrogens is 332 g/mol. The van der Waals surface area contributed by atoms with Crippen LogP contribution in [-0.2, 0) is 0 Å². The second-order valence-corrected chi connectivity index (χ2v) is 7.47. The largest absolute Gasteiger partial charge is 0.136 e. The van der Waals surface area contributed by atoms with Crippen molar-refractivity contribution in [3.05, 3.63) is 102 Å². The van der Waals surface area contributed by atoms with Crippen molar-refractivity contribution < 1.29 is 0 Å². The Bertz CT molecular complexity index is 1020. The van der Waals surface area contributed by atoms with E-state index in [2.05, 4.69) is 92.4 Å². The monoisotopic (exact) mass is 352 g/mol. The molecule has 1 heteroatoms. The minimum atomic E-state index is 1.24. The molecule has 0 aliphatic rings. The Morgan fingerprint density at radius 1 is 0.654 bits per heavy atom. The average molecular weight is 353 g/mol. The van der Waals surface area contributed by atoms with Gasteiger partial charge >= 0.3 is 0 Å². The van der Waals surface area contributed by atoms with Crippen LogP contribution < -0.4 is 0 Å². The molecular formula is C25H20S. The summed E-state index contributed by atoms with van der Waals surface area (Å²) in [7, 11) is 0. The molecule has 0 N–H and O–H groups in total. The van der Waals surface area contributed by atoms with E-state index in [4.69, 9.17) is 0 Å². The highest BCUT2D eigenvalue weighted by Gasteiger charge is 2.06. The van der Waals surface area contributed by atoms with Crippen molar-refractivity contribution in [2.75, 3.05) is 0 Å². The van der Waals surface area contributed by atoms with E-state index in [-0.39, 0.29) is 0 Å². The van der Waals surface area contributed by atoms with E-state index in [1.165, 1.54) is 43.1 Å². The molecule has 0 saturated carbocycles. The summed E-state index contributed by atoms with van der Waals surface area (Å²) in [6.45, 7) is 6.03. The van der Waals surface area contributed by atoms with Gasteiger partial charge < -0.3 is 0 Å². The van der Waals surface area contributed by atoms with Gasteiger partial charge in [0.1, 0.15) is 0 Å². The molecule has 0 bridgehead atoms. The van der Waals surface area contributed by atoms with E-state index >= 15 is 0 Å². The van der Waals surface area contributed by atoms with Crippen molar-refractivity contribution >= 4 is 17.4 Å². The van der Waals surface area contributed by atoms with E-state index in [9.17, 15) is 0 Å². The van der Waals surface area contributed by atoms with E-state index in [0.717, 1.165) is 0 Å². The zero-order chi connectivity index (χ0) is 17.9. The molecule has 0 fully saturated rings. The van der Waals surface area contributed by atoms with Crippen molar-refractivity contribution in [3.63, 3.8) is 0 Å². The Hall–Kier alpha value is -2.90. The first-order chi connectivity index (χ1) is 12.7. The lowest BCUT2D eigenvalue weighted by Crippen LogP contribution is -1.81. The fourth-order valence-corrected chi connectivity index (χ4v) is 4.18. The van der Waals surface area contributed by atoms with Crippen LogP contribution in [0.5, 0.6) is 0 Å². The number of aryl methyl sites for hydroxylation is 1. The smallest absolute Gasteiger partial charge is 0.0351 e. The van der Waals surface area contributed by atoms with Crippen LogP contribution in [0.1, 0.15) is 10.4 Å². The molecule has 0 spiro atoms. The average Bonchev–Trinajstić information content (AvgIpc) is 3.10. The highest BCUT2D eigenvalue weighted by Crippen LogP contribution is 2.33. The van der Waals surface area contributed by atoms with Crippen LogP contribution in [0.2, 0.25) is 0 Å². The maximum absolute atomic E-state index is 3.89. The van der Waals surface area contributed by atoms with Crippen LogP contribution in [0.4, 0.5) is 0 Å². The topological polar surface area (TPSA) is 0 Å². The Morgan fingerprint density at radius 3 is 1.58 bits per heavy atom. The molecule has 0 aliphatic carbocycles. The molecule has 4 aromatic rings. The Balaban J connectivity index is 1.59. The van der Waals surface area contributed by atoms with Gasteiger partial charge in [-0.25, -0.2) is 0 Å². The van der Waals surface area contributed by atoms with Crippen molar-refractivity contribution in [1.82, 2.24) is 0 Å². The number of thiophene rings is 1. The van der Waals surface area contributed by atoms with Crippen LogP contribution in [0, 0.1) is 6.92 Å². The van der Waals surface area contributed by atoms with Gasteiger partial charge in [0.2, 0.25) is 0 Å². The number of rotatable bonds is 4. The fraction of sp³-hybridized carbons (Fsp3) is 0.0400. The van der Waals surface area contributed by atoms with Crippen LogP contribution in [-0.4, -0.2) is 0 Å². The molecule has 0 aliphatic heterocycles. The molecule has 0 saturated heterocycles. The van der Waals surface area contributed by atoms with Gasteiger partial charge in [0, 0.05) is 9.75 Å². The summed E-state index contributed by atoms with van der Waals surface area (Å²) in [6, 6.07) is 30.3. The van der Waals surface area contributed by atoms with Gasteiger partial charge in [0.25, 0.3) is 0 Å². The van der Waals surface area contributed by atoms with Gasteiger partial charge in [-0.3, -0.25) is 0 Å². The van der Waals surface area contributed by atoms with Gasteiger partial charge in [-0.2, -0.15) is 0 Å². The second kappa shape index (κ2) is 7.15. The molecule has 26 heavy (non-hydrogen) atoms. The number of hydrogen-bond donors (Lipinski definition) is 0. The third-order valence-corrected chi connectivity index (χ3v) is 5.92. The molecule has 1 aromatic heterocycles. The predicted molar refractivity (Wildman–Crippen MR) is 115 cm³/mol. The van der Waals surface area contributed by atoms with Gasteiger partial charge in [-0.05, 0) is 46.4 Å². The minimum absolute atomic E-state index is 1.24. The van der Waals surface area contributed by atoms with Gasteiger partial charge in [0.15, 0.2) is 0 Å². The van der Waals surface area contributed by atoms with Gasteiger partial charge in [-0.1, -0.05) is 91.5 Å². The van der Waals surface area contributed by atoms with Crippen LogP contribution in [0.25, 0.3) is 38.8 Å². The summed E-state index contributed by atoms with van der Waals surface area (Å²) >= 11 is 1.80. The second-order valence-electron chi connectivity index (χ2n) is 6.38. The summed E-state index contributed by atoms with van der Waals surface area (Å²) < 4.78 is 0. The number of hydrogen-bond acceptors (Lipinski definition) is 1.